The lowest BCUT2D eigenvalue weighted by Crippen LogP contribution is -2.48. The molecule has 3 aliphatic rings. The highest BCUT2D eigenvalue weighted by Gasteiger charge is 2.37. The second-order valence-corrected chi connectivity index (χ2v) is 9.95. The lowest BCUT2D eigenvalue weighted by atomic mass is 9.96. The molecule has 35 heavy (non-hydrogen) atoms. The summed E-state index contributed by atoms with van der Waals surface area (Å²) in [5, 5.41) is 12.4. The van der Waals surface area contributed by atoms with Crippen molar-refractivity contribution in [2.45, 2.75) is 50.5 Å². The zero-order valence-electron chi connectivity index (χ0n) is 19.8. The van der Waals surface area contributed by atoms with Gasteiger partial charge in [-0.1, -0.05) is 48.5 Å². The summed E-state index contributed by atoms with van der Waals surface area (Å²) in [5.74, 6) is -0.664. The maximum atomic E-state index is 13.0. The third-order valence-corrected chi connectivity index (χ3v) is 7.69. The molecule has 7 heteroatoms. The SMILES string of the molecule is O=C(NCC(CC(=O)N1CCCC[C@H]1C(=O)O)C1CC1)OCC1c2ccccc2-c2ccccc21. The number of nitrogens with one attached hydrogen (secondary N) is 1. The molecule has 2 N–H and O–H groups in total. The number of benzene rings is 2. The number of aliphatic carboxylic acids is 1. The Morgan fingerprint density at radius 3 is 2.26 bits per heavy atom. The number of piperidine rings is 1. The second kappa shape index (κ2) is 10.1. The average Bonchev–Trinajstić information content (AvgIpc) is 3.68. The number of carboxylic acids is 1. The van der Waals surface area contributed by atoms with Crippen molar-refractivity contribution in [3.8, 4) is 11.1 Å². The Balaban J connectivity index is 1.16. The highest BCUT2D eigenvalue weighted by atomic mass is 16.5. The predicted octanol–water partition coefficient (Wildman–Crippen LogP) is 4.41. The van der Waals surface area contributed by atoms with E-state index in [1.54, 1.807) is 0 Å². The van der Waals surface area contributed by atoms with Crippen LogP contribution in [0.3, 0.4) is 0 Å². The van der Waals surface area contributed by atoms with Crippen molar-refractivity contribution in [3.05, 3.63) is 59.7 Å². The molecule has 0 aromatic heterocycles. The summed E-state index contributed by atoms with van der Waals surface area (Å²) in [5.41, 5.74) is 4.69. The van der Waals surface area contributed by atoms with E-state index >= 15 is 0 Å². The molecule has 2 aromatic carbocycles. The van der Waals surface area contributed by atoms with Crippen LogP contribution in [0.25, 0.3) is 11.1 Å². The van der Waals surface area contributed by atoms with Crippen LogP contribution in [-0.4, -0.2) is 53.7 Å². The number of hydrogen-bond acceptors (Lipinski definition) is 4. The van der Waals surface area contributed by atoms with Gasteiger partial charge in [0, 0.05) is 25.4 Å². The summed E-state index contributed by atoms with van der Waals surface area (Å²) in [6.07, 6.45) is 4.02. The quantitative estimate of drug-likeness (QED) is 0.589. The van der Waals surface area contributed by atoms with Crippen molar-refractivity contribution in [1.29, 1.82) is 0 Å². The number of fused-ring (bicyclic) bond motifs is 3. The largest absolute Gasteiger partial charge is 0.480 e. The van der Waals surface area contributed by atoms with Crippen LogP contribution in [0.5, 0.6) is 0 Å². The molecule has 2 aliphatic carbocycles. The summed E-state index contributed by atoms with van der Waals surface area (Å²) in [4.78, 5) is 38.7. The first-order valence-corrected chi connectivity index (χ1v) is 12.6. The van der Waals surface area contributed by atoms with Crippen LogP contribution in [0, 0.1) is 11.8 Å². The van der Waals surface area contributed by atoms with E-state index in [0.717, 1.165) is 36.8 Å². The van der Waals surface area contributed by atoms with Gasteiger partial charge in [0.1, 0.15) is 12.6 Å². The lowest BCUT2D eigenvalue weighted by molar-refractivity contribution is -0.152. The molecular weight excluding hydrogens is 444 g/mol. The van der Waals surface area contributed by atoms with Crippen LogP contribution in [0.1, 0.15) is 55.6 Å². The van der Waals surface area contributed by atoms with Gasteiger partial charge in [0.15, 0.2) is 0 Å². The van der Waals surface area contributed by atoms with E-state index in [-0.39, 0.29) is 30.8 Å². The van der Waals surface area contributed by atoms with Gasteiger partial charge in [0.25, 0.3) is 0 Å². The van der Waals surface area contributed by atoms with Crippen LogP contribution in [0.2, 0.25) is 0 Å². The first-order chi connectivity index (χ1) is 17.0. The second-order valence-electron chi connectivity index (χ2n) is 9.95. The van der Waals surface area contributed by atoms with Gasteiger partial charge in [-0.25, -0.2) is 9.59 Å². The maximum Gasteiger partial charge on any atom is 0.407 e. The molecule has 0 bridgehead atoms. The molecule has 2 atom stereocenters. The monoisotopic (exact) mass is 476 g/mol. The van der Waals surface area contributed by atoms with Crippen LogP contribution >= 0.6 is 0 Å². The van der Waals surface area contributed by atoms with Crippen molar-refractivity contribution in [3.63, 3.8) is 0 Å². The fourth-order valence-electron chi connectivity index (χ4n) is 5.67. The number of rotatable bonds is 8. The normalized spacial score (nSPS) is 20.0. The number of amides is 2. The molecule has 1 heterocycles. The van der Waals surface area contributed by atoms with E-state index in [2.05, 4.69) is 29.6 Å². The molecule has 2 amide bonds. The van der Waals surface area contributed by atoms with Gasteiger partial charge in [0.2, 0.25) is 5.91 Å². The molecule has 1 aliphatic heterocycles. The summed E-state index contributed by atoms with van der Waals surface area (Å²) in [6, 6.07) is 15.7. The maximum absolute atomic E-state index is 13.0. The third kappa shape index (κ3) is 5.04. The van der Waals surface area contributed by atoms with Gasteiger partial charge in [-0.05, 0) is 66.2 Å². The van der Waals surface area contributed by atoms with Gasteiger partial charge in [-0.2, -0.15) is 0 Å². The van der Waals surface area contributed by atoms with Crippen LogP contribution in [-0.2, 0) is 14.3 Å². The Labute approximate surface area is 205 Å². The summed E-state index contributed by atoms with van der Waals surface area (Å²) < 4.78 is 5.64. The topological polar surface area (TPSA) is 95.9 Å². The number of nitrogens with zero attached hydrogens (tertiary/aromatic N) is 1. The van der Waals surface area contributed by atoms with E-state index in [4.69, 9.17) is 4.74 Å². The van der Waals surface area contributed by atoms with Crippen molar-refractivity contribution in [2.75, 3.05) is 19.7 Å². The van der Waals surface area contributed by atoms with Gasteiger partial charge >= 0.3 is 12.1 Å². The van der Waals surface area contributed by atoms with E-state index in [1.807, 2.05) is 24.3 Å². The molecule has 1 saturated carbocycles. The Bertz CT molecular complexity index is 1070. The fourth-order valence-corrected chi connectivity index (χ4v) is 5.67. The van der Waals surface area contributed by atoms with E-state index < -0.39 is 18.1 Å². The molecule has 1 saturated heterocycles. The first-order valence-electron chi connectivity index (χ1n) is 12.6. The molecule has 0 spiro atoms. The molecule has 2 aromatic rings. The van der Waals surface area contributed by atoms with Crippen molar-refractivity contribution in [2.24, 2.45) is 11.8 Å². The molecule has 1 unspecified atom stereocenters. The highest BCUT2D eigenvalue weighted by Crippen LogP contribution is 2.44. The molecule has 2 fully saturated rings. The Morgan fingerprint density at radius 1 is 0.971 bits per heavy atom. The number of ether oxygens (including phenoxy) is 1. The minimum atomic E-state index is -0.933. The minimum Gasteiger partial charge on any atom is -0.480 e. The Hall–Kier alpha value is -3.35. The zero-order chi connectivity index (χ0) is 24.4. The Kier molecular flexibility index (Phi) is 6.75. The van der Waals surface area contributed by atoms with E-state index in [0.29, 0.717) is 25.4 Å². The van der Waals surface area contributed by atoms with Gasteiger partial charge in [-0.15, -0.1) is 0 Å². The summed E-state index contributed by atoms with van der Waals surface area (Å²) in [6.45, 7) is 1.10. The van der Waals surface area contributed by atoms with E-state index in [9.17, 15) is 19.5 Å². The Morgan fingerprint density at radius 2 is 1.63 bits per heavy atom. The molecule has 7 nitrogen and oxygen atoms in total. The highest BCUT2D eigenvalue weighted by molar-refractivity contribution is 5.84. The minimum absolute atomic E-state index is 0.000598. The van der Waals surface area contributed by atoms with Gasteiger partial charge in [-0.3, -0.25) is 4.79 Å². The van der Waals surface area contributed by atoms with Gasteiger partial charge < -0.3 is 20.1 Å². The summed E-state index contributed by atoms with van der Waals surface area (Å²) >= 11 is 0. The smallest absolute Gasteiger partial charge is 0.407 e. The standard InChI is InChI=1S/C28H32N2O5/c31-26(30-14-6-5-11-25(30)27(32)33)15-19(18-12-13-18)16-29-28(34)35-17-24-22-9-3-1-7-20(22)21-8-2-4-10-23(21)24/h1-4,7-10,18-19,24-25H,5-6,11-17H2,(H,29,34)(H,32,33)/t19?,25-/m0/s1. The molecule has 5 rings (SSSR count). The number of carbonyl (C=O) groups is 3. The van der Waals surface area contributed by atoms with Crippen molar-refractivity contribution >= 4 is 18.0 Å². The van der Waals surface area contributed by atoms with Crippen LogP contribution in [0.4, 0.5) is 4.79 Å². The average molecular weight is 477 g/mol. The van der Waals surface area contributed by atoms with Crippen molar-refractivity contribution in [1.82, 2.24) is 10.2 Å². The number of hydrogen-bond donors (Lipinski definition) is 2. The fraction of sp³-hybridized carbons (Fsp3) is 0.464. The third-order valence-electron chi connectivity index (χ3n) is 7.69. The predicted molar refractivity (Wildman–Crippen MR) is 131 cm³/mol. The number of likely N-dealkylation sites (tertiary alicyclic amines) is 1. The molecular formula is C28H32N2O5. The number of carbonyl (C=O) groups excluding carboxylic acids is 2. The van der Waals surface area contributed by atoms with Gasteiger partial charge in [0.05, 0.1) is 0 Å². The summed E-state index contributed by atoms with van der Waals surface area (Å²) in [7, 11) is 0. The molecule has 184 valence electrons. The van der Waals surface area contributed by atoms with Crippen molar-refractivity contribution < 1.29 is 24.2 Å². The molecule has 0 radical (unpaired) electrons. The van der Waals surface area contributed by atoms with E-state index in [1.165, 1.54) is 16.0 Å². The number of carboxylic acid groups (broad SMARTS) is 1. The lowest BCUT2D eigenvalue weighted by Gasteiger charge is -2.34. The number of alkyl carbamates (subject to hydrolysis) is 1. The first kappa shape index (κ1) is 23.4. The van der Waals surface area contributed by atoms with Crippen LogP contribution < -0.4 is 5.32 Å². The zero-order valence-corrected chi connectivity index (χ0v) is 19.8. The van der Waals surface area contributed by atoms with Crippen LogP contribution in [0.15, 0.2) is 48.5 Å².